The van der Waals surface area contributed by atoms with E-state index in [1.165, 1.54) is 31.4 Å². The van der Waals surface area contributed by atoms with E-state index in [4.69, 9.17) is 10.7 Å². The van der Waals surface area contributed by atoms with Gasteiger partial charge < -0.3 is 5.73 Å². The second kappa shape index (κ2) is 7.23. The van der Waals surface area contributed by atoms with E-state index in [1.807, 2.05) is 0 Å². The van der Waals surface area contributed by atoms with E-state index in [0.29, 0.717) is 11.8 Å². The minimum atomic E-state index is 0.151. The van der Waals surface area contributed by atoms with Crippen LogP contribution in [-0.4, -0.2) is 18.3 Å². The number of aliphatic imine (C=N–C) groups is 1. The normalized spacial score (nSPS) is 21.6. The summed E-state index contributed by atoms with van der Waals surface area (Å²) in [6.07, 6.45) is 9.44. The van der Waals surface area contributed by atoms with E-state index < -0.39 is 0 Å². The zero-order valence-corrected chi connectivity index (χ0v) is 13.4. The third kappa shape index (κ3) is 4.76. The monoisotopic (exact) mass is 264 g/mol. The lowest BCUT2D eigenvalue weighted by Crippen LogP contribution is -2.40. The Kier molecular flexibility index (Phi) is 6.25. The van der Waals surface area contributed by atoms with Gasteiger partial charge in [-0.15, -0.1) is 0 Å². The lowest BCUT2D eigenvalue weighted by Gasteiger charge is -2.31. The van der Waals surface area contributed by atoms with Crippen LogP contribution in [0.4, 0.5) is 0 Å². The zero-order valence-electron chi connectivity index (χ0n) is 13.4. The molecule has 0 aromatic heterocycles. The van der Waals surface area contributed by atoms with E-state index >= 15 is 0 Å². The van der Waals surface area contributed by atoms with Gasteiger partial charge in [0.25, 0.3) is 0 Å². The second-order valence-electron chi connectivity index (χ2n) is 6.91. The highest BCUT2D eigenvalue weighted by molar-refractivity contribution is 5.99. The zero-order chi connectivity index (χ0) is 14.5. The highest BCUT2D eigenvalue weighted by Crippen LogP contribution is 2.26. The number of dihydropyridines is 1. The molecule has 110 valence electrons. The van der Waals surface area contributed by atoms with Gasteiger partial charge in [0.1, 0.15) is 0 Å². The maximum Gasteiger partial charge on any atom is 0.0470 e. The van der Waals surface area contributed by atoms with E-state index in [1.54, 1.807) is 0 Å². The number of rotatable bonds is 6. The first kappa shape index (κ1) is 16.4. The van der Waals surface area contributed by atoms with E-state index in [0.717, 1.165) is 6.54 Å². The molecule has 2 atom stereocenters. The van der Waals surface area contributed by atoms with Gasteiger partial charge in [0.2, 0.25) is 0 Å². The summed E-state index contributed by atoms with van der Waals surface area (Å²) in [7, 11) is 0. The molecule has 2 N–H and O–H groups in total. The predicted molar refractivity (Wildman–Crippen MR) is 85.7 cm³/mol. The van der Waals surface area contributed by atoms with Crippen LogP contribution >= 0.6 is 0 Å². The summed E-state index contributed by atoms with van der Waals surface area (Å²) in [4.78, 5) is 4.76. The summed E-state index contributed by atoms with van der Waals surface area (Å²) < 4.78 is 0. The van der Waals surface area contributed by atoms with Crippen LogP contribution in [-0.2, 0) is 0 Å². The van der Waals surface area contributed by atoms with Crippen LogP contribution in [0, 0.1) is 17.3 Å². The standard InChI is InChI=1S/C17H32N2/c1-6-8-13(9-7-2)16(18)14-10-11-15(19-12-14)17(3,4)5/h10-11,13-14,16H,6-9,12,18H2,1-5H3. The minimum absolute atomic E-state index is 0.151. The molecule has 0 aliphatic carbocycles. The van der Waals surface area contributed by atoms with Crippen LogP contribution < -0.4 is 5.73 Å². The maximum atomic E-state index is 6.50. The predicted octanol–water partition coefficient (Wildman–Crippen LogP) is 4.20. The fourth-order valence-corrected chi connectivity index (χ4v) is 2.89. The average Bonchev–Trinajstić information content (AvgIpc) is 2.37. The van der Waals surface area contributed by atoms with Gasteiger partial charge in [0.05, 0.1) is 0 Å². The summed E-state index contributed by atoms with van der Waals surface area (Å²) in [6, 6.07) is 0.265. The molecule has 0 saturated carbocycles. The van der Waals surface area contributed by atoms with Crippen molar-refractivity contribution in [1.29, 1.82) is 0 Å². The lowest BCUT2D eigenvalue weighted by molar-refractivity contribution is 0.309. The van der Waals surface area contributed by atoms with Gasteiger partial charge in [-0.3, -0.25) is 4.99 Å². The number of nitrogens with zero attached hydrogens (tertiary/aromatic N) is 1. The number of nitrogens with two attached hydrogens (primary N) is 1. The third-order valence-electron chi connectivity index (χ3n) is 4.10. The topological polar surface area (TPSA) is 38.4 Å². The van der Waals surface area contributed by atoms with Crippen LogP contribution in [0.1, 0.15) is 60.3 Å². The Bertz CT molecular complexity index is 317. The summed E-state index contributed by atoms with van der Waals surface area (Å²) in [5.41, 5.74) is 7.86. The Balaban J connectivity index is 2.64. The molecule has 0 amide bonds. The van der Waals surface area contributed by atoms with Gasteiger partial charge in [-0.05, 0) is 24.8 Å². The Morgan fingerprint density at radius 2 is 1.84 bits per heavy atom. The molecule has 0 spiro atoms. The average molecular weight is 264 g/mol. The molecule has 19 heavy (non-hydrogen) atoms. The lowest BCUT2D eigenvalue weighted by atomic mass is 9.80. The number of hydrogen-bond acceptors (Lipinski definition) is 2. The van der Waals surface area contributed by atoms with Crippen molar-refractivity contribution >= 4 is 5.71 Å². The highest BCUT2D eigenvalue weighted by Gasteiger charge is 2.27. The van der Waals surface area contributed by atoms with Gasteiger partial charge in [-0.2, -0.15) is 0 Å². The van der Waals surface area contributed by atoms with Gasteiger partial charge >= 0.3 is 0 Å². The van der Waals surface area contributed by atoms with Gasteiger partial charge in [-0.1, -0.05) is 53.5 Å². The number of allylic oxidation sites excluding steroid dienone is 1. The molecule has 1 aliphatic rings. The van der Waals surface area contributed by atoms with E-state index in [2.05, 4.69) is 46.8 Å². The molecular formula is C17H32N2. The summed E-state index contributed by atoms with van der Waals surface area (Å²) in [6.45, 7) is 12.0. The molecule has 0 saturated heterocycles. The largest absolute Gasteiger partial charge is 0.327 e. The fraction of sp³-hybridized carbons (Fsp3) is 0.824. The fourth-order valence-electron chi connectivity index (χ4n) is 2.89. The molecule has 1 aliphatic heterocycles. The number of hydrogen-bond donors (Lipinski definition) is 1. The van der Waals surface area contributed by atoms with Crippen molar-refractivity contribution in [2.75, 3.05) is 6.54 Å². The summed E-state index contributed by atoms with van der Waals surface area (Å²) >= 11 is 0. The molecular weight excluding hydrogens is 232 g/mol. The van der Waals surface area contributed by atoms with Crippen LogP contribution in [0.25, 0.3) is 0 Å². The van der Waals surface area contributed by atoms with Crippen molar-refractivity contribution in [1.82, 2.24) is 0 Å². The first-order valence-corrected chi connectivity index (χ1v) is 7.88. The molecule has 1 rings (SSSR count). The first-order valence-electron chi connectivity index (χ1n) is 7.88. The second-order valence-corrected chi connectivity index (χ2v) is 6.91. The molecule has 0 bridgehead atoms. The molecule has 2 heteroatoms. The van der Waals surface area contributed by atoms with Crippen molar-refractivity contribution in [3.8, 4) is 0 Å². The molecule has 0 fully saturated rings. The Hall–Kier alpha value is -0.630. The van der Waals surface area contributed by atoms with Crippen LogP contribution in [0.2, 0.25) is 0 Å². The smallest absolute Gasteiger partial charge is 0.0470 e. The van der Waals surface area contributed by atoms with Crippen molar-refractivity contribution < 1.29 is 0 Å². The van der Waals surface area contributed by atoms with Crippen molar-refractivity contribution in [3.63, 3.8) is 0 Å². The van der Waals surface area contributed by atoms with Gasteiger partial charge in [0.15, 0.2) is 0 Å². The summed E-state index contributed by atoms with van der Waals surface area (Å²) in [5, 5.41) is 0. The van der Waals surface area contributed by atoms with E-state index in [-0.39, 0.29) is 11.5 Å². The Morgan fingerprint density at radius 1 is 1.26 bits per heavy atom. The Morgan fingerprint density at radius 3 is 2.21 bits per heavy atom. The molecule has 2 nitrogen and oxygen atoms in total. The van der Waals surface area contributed by atoms with Gasteiger partial charge in [0, 0.05) is 29.6 Å². The molecule has 1 heterocycles. The molecule has 0 aromatic rings. The minimum Gasteiger partial charge on any atom is -0.327 e. The van der Waals surface area contributed by atoms with E-state index in [9.17, 15) is 0 Å². The molecule has 2 unspecified atom stereocenters. The molecule has 0 radical (unpaired) electrons. The Labute approximate surface area is 119 Å². The first-order chi connectivity index (χ1) is 8.90. The SMILES string of the molecule is CCCC(CCC)C(N)C1C=CC(C(C)(C)C)=NC1. The van der Waals surface area contributed by atoms with Crippen LogP contribution in [0.3, 0.4) is 0 Å². The van der Waals surface area contributed by atoms with Crippen molar-refractivity contribution in [2.45, 2.75) is 66.3 Å². The van der Waals surface area contributed by atoms with Crippen LogP contribution in [0.15, 0.2) is 17.1 Å². The van der Waals surface area contributed by atoms with Crippen LogP contribution in [0.5, 0.6) is 0 Å². The maximum absolute atomic E-state index is 6.50. The van der Waals surface area contributed by atoms with Crippen molar-refractivity contribution in [2.24, 2.45) is 28.0 Å². The van der Waals surface area contributed by atoms with Gasteiger partial charge in [-0.25, -0.2) is 0 Å². The third-order valence-corrected chi connectivity index (χ3v) is 4.10. The summed E-state index contributed by atoms with van der Waals surface area (Å²) in [5.74, 6) is 1.07. The van der Waals surface area contributed by atoms with Crippen molar-refractivity contribution in [3.05, 3.63) is 12.2 Å². The quantitative estimate of drug-likeness (QED) is 0.767. The highest BCUT2D eigenvalue weighted by atomic mass is 14.8. The molecule has 0 aromatic carbocycles.